The molecule has 436 valence electrons. The van der Waals surface area contributed by atoms with Crippen molar-refractivity contribution in [3.05, 3.63) is 134 Å². The lowest BCUT2D eigenvalue weighted by molar-refractivity contribution is -0.166. The number of hydrogen-bond donors (Lipinski definition) is 0. The molecule has 0 radical (unpaired) electrons. The van der Waals surface area contributed by atoms with Crippen molar-refractivity contribution in [1.29, 1.82) is 0 Å². The van der Waals surface area contributed by atoms with E-state index < -0.39 is 6.10 Å². The molecular weight excluding hydrogens is 949 g/mol. The first kappa shape index (κ1) is 72.5. The summed E-state index contributed by atoms with van der Waals surface area (Å²) >= 11 is 0. The van der Waals surface area contributed by atoms with Crippen LogP contribution >= 0.6 is 0 Å². The average molecular weight is 1070 g/mol. The van der Waals surface area contributed by atoms with Crippen LogP contribution in [0, 0.1) is 0 Å². The van der Waals surface area contributed by atoms with E-state index in [1.54, 1.807) is 0 Å². The quantitative estimate of drug-likeness (QED) is 0.0261. The summed E-state index contributed by atoms with van der Waals surface area (Å²) in [4.78, 5) is 38.3. The van der Waals surface area contributed by atoms with Gasteiger partial charge in [-0.2, -0.15) is 0 Å². The molecule has 6 heteroatoms. The Hall–Kier alpha value is -4.45. The summed E-state index contributed by atoms with van der Waals surface area (Å²) in [5.74, 6) is -1.01. The molecule has 0 rings (SSSR count). The van der Waals surface area contributed by atoms with Gasteiger partial charge in [-0.25, -0.2) is 0 Å². The molecule has 1 unspecified atom stereocenters. The highest BCUT2D eigenvalue weighted by molar-refractivity contribution is 5.71. The fourth-order valence-corrected chi connectivity index (χ4v) is 8.45. The van der Waals surface area contributed by atoms with Crippen molar-refractivity contribution in [2.75, 3.05) is 13.2 Å². The number of ether oxygens (including phenoxy) is 3. The largest absolute Gasteiger partial charge is 0.462 e. The van der Waals surface area contributed by atoms with E-state index >= 15 is 0 Å². The first-order valence-electron chi connectivity index (χ1n) is 31.7. The Morgan fingerprint density at radius 3 is 0.870 bits per heavy atom. The van der Waals surface area contributed by atoms with Crippen molar-refractivity contribution in [2.45, 2.75) is 284 Å². The maximum absolute atomic E-state index is 12.9. The average Bonchev–Trinajstić information content (AvgIpc) is 3.43. The van der Waals surface area contributed by atoms with Crippen molar-refractivity contribution < 1.29 is 28.6 Å². The second-order valence-corrected chi connectivity index (χ2v) is 20.5. The smallest absolute Gasteiger partial charge is 0.306 e. The molecule has 6 nitrogen and oxygen atoms in total. The highest BCUT2D eigenvalue weighted by atomic mass is 16.6. The van der Waals surface area contributed by atoms with Crippen molar-refractivity contribution >= 4 is 17.9 Å². The molecule has 0 amide bonds. The molecule has 0 bridgehead atoms. The van der Waals surface area contributed by atoms with E-state index in [-0.39, 0.29) is 37.5 Å². The molecule has 0 aliphatic heterocycles. The molecule has 0 N–H and O–H groups in total. The zero-order chi connectivity index (χ0) is 55.7. The predicted octanol–water partition coefficient (Wildman–Crippen LogP) is 21.8. The van der Waals surface area contributed by atoms with Gasteiger partial charge < -0.3 is 14.2 Å². The second kappa shape index (κ2) is 64.1. The lowest BCUT2D eigenvalue weighted by atomic mass is 10.0. The Labute approximate surface area is 475 Å². The molecule has 0 aliphatic carbocycles. The van der Waals surface area contributed by atoms with Gasteiger partial charge in [0.05, 0.1) is 0 Å². The van der Waals surface area contributed by atoms with Crippen LogP contribution in [-0.4, -0.2) is 37.2 Å². The van der Waals surface area contributed by atoms with Gasteiger partial charge in [-0.1, -0.05) is 270 Å². The summed E-state index contributed by atoms with van der Waals surface area (Å²) in [6.07, 6.45) is 90.4. The molecule has 0 saturated carbocycles. The van der Waals surface area contributed by atoms with Gasteiger partial charge in [0.2, 0.25) is 0 Å². The fraction of sp³-hybridized carbons (Fsp3) is 0.648. The van der Waals surface area contributed by atoms with E-state index in [1.165, 1.54) is 122 Å². The molecule has 0 fully saturated rings. The summed E-state index contributed by atoms with van der Waals surface area (Å²) in [7, 11) is 0. The molecule has 0 heterocycles. The Morgan fingerprint density at radius 1 is 0.273 bits per heavy atom. The minimum atomic E-state index is -0.819. The van der Waals surface area contributed by atoms with Crippen LogP contribution in [0.4, 0.5) is 0 Å². The molecule has 0 saturated heterocycles. The van der Waals surface area contributed by atoms with Crippen LogP contribution in [0.5, 0.6) is 0 Å². The van der Waals surface area contributed by atoms with Crippen LogP contribution in [0.1, 0.15) is 278 Å². The maximum Gasteiger partial charge on any atom is 0.306 e. The summed E-state index contributed by atoms with van der Waals surface area (Å²) in [5.41, 5.74) is 0. The number of allylic oxidation sites excluding steroid dienone is 22. The Morgan fingerprint density at radius 2 is 0.532 bits per heavy atom. The molecule has 0 aromatic rings. The van der Waals surface area contributed by atoms with Gasteiger partial charge in [0.25, 0.3) is 0 Å². The highest BCUT2D eigenvalue weighted by Gasteiger charge is 2.19. The van der Waals surface area contributed by atoms with Crippen LogP contribution in [0.15, 0.2) is 134 Å². The van der Waals surface area contributed by atoms with Gasteiger partial charge in [-0.05, 0) is 122 Å². The van der Waals surface area contributed by atoms with E-state index in [9.17, 15) is 14.4 Å². The zero-order valence-corrected chi connectivity index (χ0v) is 49.9. The molecular formula is C71H116O6. The van der Waals surface area contributed by atoms with E-state index in [2.05, 4.69) is 148 Å². The van der Waals surface area contributed by atoms with Crippen molar-refractivity contribution in [3.63, 3.8) is 0 Å². The van der Waals surface area contributed by atoms with Crippen molar-refractivity contribution in [3.8, 4) is 0 Å². The topological polar surface area (TPSA) is 78.9 Å². The highest BCUT2D eigenvalue weighted by Crippen LogP contribution is 2.15. The number of carbonyl (C=O) groups excluding carboxylic acids is 3. The summed E-state index contributed by atoms with van der Waals surface area (Å²) in [6, 6.07) is 0. The number of carbonyl (C=O) groups is 3. The van der Waals surface area contributed by atoms with Gasteiger partial charge in [0.15, 0.2) is 6.10 Å². The van der Waals surface area contributed by atoms with Crippen molar-refractivity contribution in [2.24, 2.45) is 0 Å². The molecule has 0 aliphatic rings. The first-order chi connectivity index (χ1) is 38.0. The minimum absolute atomic E-state index is 0.110. The Bertz CT molecular complexity index is 1650. The SMILES string of the molecule is CC/C=C\C/C=C\C/C=C\C/C=C\C/C=C\CCCCCCCCCC(=O)OCC(COC(=O)CC/C=C\C/C=C\C/C=C\C/C=C\CC)OC(=O)CCCCCCCCCCCCC/C=C\C/C=C\CCCCCCC. The van der Waals surface area contributed by atoms with E-state index in [0.29, 0.717) is 19.3 Å². The lowest BCUT2D eigenvalue weighted by Gasteiger charge is -2.18. The fourth-order valence-electron chi connectivity index (χ4n) is 8.45. The van der Waals surface area contributed by atoms with E-state index in [4.69, 9.17) is 14.2 Å². The summed E-state index contributed by atoms with van der Waals surface area (Å²) in [6.45, 7) is 6.33. The van der Waals surface area contributed by atoms with Crippen LogP contribution in [0.25, 0.3) is 0 Å². The second-order valence-electron chi connectivity index (χ2n) is 20.5. The molecule has 1 atom stereocenters. The van der Waals surface area contributed by atoms with Crippen LogP contribution < -0.4 is 0 Å². The van der Waals surface area contributed by atoms with Gasteiger partial charge in [0, 0.05) is 19.3 Å². The standard InChI is InChI=1S/C71H116O6/c1-4-7-10-13-16-19-22-25-27-29-31-33-35-37-39-41-43-46-49-52-55-58-61-64-70(73)76-67-68(66-75-69(72)63-60-57-54-51-48-45-24-21-18-15-12-9-6-3)77-71(74)65-62-59-56-53-50-47-44-42-40-38-36-34-32-30-28-26-23-20-17-14-11-8-5-2/h7,9-10,12,16,18-19,21,23,25-27,30-33,37,39,45,48,54,57,68H,4-6,8,11,13-15,17,20,22,24,28-29,34-36,38,40-44,46-47,49-53,55-56,58-67H2,1-3H3/b10-7-,12-9-,19-16-,21-18-,26-23-,27-25-,32-30-,33-31-,39-37-,48-45-,57-54-. The van der Waals surface area contributed by atoms with Crippen LogP contribution in [-0.2, 0) is 28.6 Å². The van der Waals surface area contributed by atoms with E-state index in [1.807, 2.05) is 6.08 Å². The molecule has 0 aromatic carbocycles. The van der Waals surface area contributed by atoms with E-state index in [0.717, 1.165) is 109 Å². The zero-order valence-electron chi connectivity index (χ0n) is 49.9. The van der Waals surface area contributed by atoms with Gasteiger partial charge >= 0.3 is 17.9 Å². The molecule has 77 heavy (non-hydrogen) atoms. The third kappa shape index (κ3) is 62.3. The Kier molecular flexibility index (Phi) is 60.4. The molecule has 0 spiro atoms. The number of rotatable bonds is 56. The number of esters is 3. The number of hydrogen-bond acceptors (Lipinski definition) is 6. The van der Waals surface area contributed by atoms with Crippen LogP contribution in [0.2, 0.25) is 0 Å². The third-order valence-corrected chi connectivity index (χ3v) is 13.1. The summed E-state index contributed by atoms with van der Waals surface area (Å²) < 4.78 is 16.8. The van der Waals surface area contributed by atoms with Gasteiger partial charge in [-0.15, -0.1) is 0 Å². The summed E-state index contributed by atoms with van der Waals surface area (Å²) in [5, 5.41) is 0. The van der Waals surface area contributed by atoms with Gasteiger partial charge in [-0.3, -0.25) is 14.4 Å². The maximum atomic E-state index is 12.9. The molecule has 0 aromatic heterocycles. The number of unbranched alkanes of at least 4 members (excludes halogenated alkanes) is 23. The monoisotopic (exact) mass is 1060 g/mol. The predicted molar refractivity (Wildman–Crippen MR) is 334 cm³/mol. The third-order valence-electron chi connectivity index (χ3n) is 13.1. The Balaban J connectivity index is 4.41. The lowest BCUT2D eigenvalue weighted by Crippen LogP contribution is -2.30. The minimum Gasteiger partial charge on any atom is -0.462 e. The normalized spacial score (nSPS) is 13.0. The van der Waals surface area contributed by atoms with Crippen molar-refractivity contribution in [1.82, 2.24) is 0 Å². The first-order valence-corrected chi connectivity index (χ1v) is 31.7. The van der Waals surface area contributed by atoms with Gasteiger partial charge in [0.1, 0.15) is 13.2 Å². The van der Waals surface area contributed by atoms with Crippen LogP contribution in [0.3, 0.4) is 0 Å².